The third kappa shape index (κ3) is 7.32. The molecular formula is C24H31Cl2FN4O4S. The second-order valence-corrected chi connectivity index (χ2v) is 11.1. The van der Waals surface area contributed by atoms with E-state index in [1.54, 1.807) is 25.1 Å². The van der Waals surface area contributed by atoms with Crippen LogP contribution in [-0.4, -0.2) is 62.7 Å². The van der Waals surface area contributed by atoms with Gasteiger partial charge in [-0.1, -0.05) is 55.2 Å². The summed E-state index contributed by atoms with van der Waals surface area (Å²) in [6.45, 7) is 3.30. The van der Waals surface area contributed by atoms with Gasteiger partial charge in [0.25, 0.3) is 0 Å². The Morgan fingerprint density at radius 3 is 2.28 bits per heavy atom. The number of halogens is 3. The molecule has 0 aliphatic heterocycles. The van der Waals surface area contributed by atoms with Crippen molar-refractivity contribution in [3.8, 4) is 0 Å². The molecular weight excluding hydrogens is 530 g/mol. The van der Waals surface area contributed by atoms with E-state index in [4.69, 9.17) is 23.2 Å². The van der Waals surface area contributed by atoms with E-state index in [-0.39, 0.29) is 29.6 Å². The van der Waals surface area contributed by atoms with Gasteiger partial charge in [0, 0.05) is 27.2 Å². The topological polar surface area (TPSA) is 90.0 Å². The molecule has 198 valence electrons. The first-order valence-electron chi connectivity index (χ1n) is 11.4. The number of nitrogens with zero attached hydrogens (tertiary/aromatic N) is 3. The van der Waals surface area contributed by atoms with Crippen molar-refractivity contribution < 1.29 is 22.4 Å². The number of carbonyl (C=O) groups excluding carboxylic acids is 2. The highest BCUT2D eigenvalue weighted by molar-refractivity contribution is 7.90. The van der Waals surface area contributed by atoms with Crippen LogP contribution in [0.25, 0.3) is 0 Å². The molecule has 0 heterocycles. The molecule has 1 atom stereocenters. The maximum atomic E-state index is 14.7. The van der Waals surface area contributed by atoms with Crippen molar-refractivity contribution in [2.24, 2.45) is 0 Å². The fourth-order valence-electron chi connectivity index (χ4n) is 3.48. The van der Waals surface area contributed by atoms with E-state index >= 15 is 0 Å². The zero-order chi connectivity index (χ0) is 27.0. The summed E-state index contributed by atoms with van der Waals surface area (Å²) >= 11 is 12.2. The van der Waals surface area contributed by atoms with Gasteiger partial charge in [0.2, 0.25) is 11.8 Å². The summed E-state index contributed by atoms with van der Waals surface area (Å²) in [5.41, 5.74) is 0.310. The van der Waals surface area contributed by atoms with Gasteiger partial charge in [-0.3, -0.25) is 9.59 Å². The smallest absolute Gasteiger partial charge is 0.304 e. The van der Waals surface area contributed by atoms with E-state index in [1.807, 2.05) is 6.92 Å². The van der Waals surface area contributed by atoms with E-state index in [9.17, 15) is 22.4 Å². The molecule has 0 spiro atoms. The molecule has 1 N–H and O–H groups in total. The van der Waals surface area contributed by atoms with Crippen LogP contribution in [0.15, 0.2) is 42.5 Å². The first-order chi connectivity index (χ1) is 16.9. The maximum Gasteiger partial charge on any atom is 0.304 e. The average molecular weight is 562 g/mol. The summed E-state index contributed by atoms with van der Waals surface area (Å²) in [5.74, 6) is -1.87. The number of para-hydroxylation sites is 1. The highest BCUT2D eigenvalue weighted by Gasteiger charge is 2.34. The standard InChI is InChI=1S/C24H31Cl2FN4O4S/c1-5-13-28-24(33)21(6-2)30(15-17-11-12-18(25)19(26)14-17)23(32)16-31(36(34,35)29(3)4)22-10-8-7-9-20(22)27/h7-12,14,21H,5-6,13,15-16H2,1-4H3,(H,28,33)/t21-/m1/s1. The lowest BCUT2D eigenvalue weighted by atomic mass is 10.1. The average Bonchev–Trinajstić information content (AvgIpc) is 2.83. The third-order valence-electron chi connectivity index (χ3n) is 5.41. The Balaban J connectivity index is 2.52. The lowest BCUT2D eigenvalue weighted by Crippen LogP contribution is -2.53. The molecule has 0 unspecified atom stereocenters. The van der Waals surface area contributed by atoms with Crippen LogP contribution in [-0.2, 0) is 26.3 Å². The van der Waals surface area contributed by atoms with Gasteiger partial charge >= 0.3 is 10.2 Å². The van der Waals surface area contributed by atoms with Crippen LogP contribution in [0.2, 0.25) is 10.0 Å². The Bertz CT molecular complexity index is 1180. The molecule has 2 amide bonds. The summed E-state index contributed by atoms with van der Waals surface area (Å²) in [6.07, 6.45) is 0.966. The molecule has 0 fully saturated rings. The first kappa shape index (κ1) is 29.8. The number of nitrogens with one attached hydrogen (secondary N) is 1. The molecule has 0 radical (unpaired) electrons. The zero-order valence-electron chi connectivity index (χ0n) is 20.7. The molecule has 0 bridgehead atoms. The maximum absolute atomic E-state index is 14.7. The molecule has 12 heteroatoms. The van der Waals surface area contributed by atoms with Gasteiger partial charge in [0.05, 0.1) is 15.7 Å². The van der Waals surface area contributed by atoms with Gasteiger partial charge in [-0.2, -0.15) is 12.7 Å². The first-order valence-corrected chi connectivity index (χ1v) is 13.5. The van der Waals surface area contributed by atoms with Crippen LogP contribution >= 0.6 is 23.2 Å². The van der Waals surface area contributed by atoms with Crippen molar-refractivity contribution in [2.75, 3.05) is 31.5 Å². The largest absolute Gasteiger partial charge is 0.354 e. The van der Waals surface area contributed by atoms with Crippen LogP contribution in [0.1, 0.15) is 32.3 Å². The summed E-state index contributed by atoms with van der Waals surface area (Å²) in [4.78, 5) is 27.9. The normalized spacial score (nSPS) is 12.3. The molecule has 0 saturated heterocycles. The minimum atomic E-state index is -4.26. The Kier molecular flexibility index (Phi) is 11.0. The summed E-state index contributed by atoms with van der Waals surface area (Å²) < 4.78 is 42.5. The van der Waals surface area contributed by atoms with Crippen molar-refractivity contribution in [2.45, 2.75) is 39.3 Å². The highest BCUT2D eigenvalue weighted by Crippen LogP contribution is 2.26. The summed E-state index contributed by atoms with van der Waals surface area (Å²) in [5, 5.41) is 3.39. The van der Waals surface area contributed by atoms with Gasteiger partial charge in [0.1, 0.15) is 18.4 Å². The lowest BCUT2D eigenvalue weighted by Gasteiger charge is -2.34. The Morgan fingerprint density at radius 1 is 1.06 bits per heavy atom. The molecule has 2 aromatic carbocycles. The quantitative estimate of drug-likeness (QED) is 0.423. The van der Waals surface area contributed by atoms with Crippen LogP contribution in [0.3, 0.4) is 0 Å². The zero-order valence-corrected chi connectivity index (χ0v) is 23.0. The molecule has 0 aliphatic carbocycles. The molecule has 0 aromatic heterocycles. The number of anilines is 1. The Morgan fingerprint density at radius 2 is 1.72 bits per heavy atom. The number of benzene rings is 2. The molecule has 0 saturated carbocycles. The van der Waals surface area contributed by atoms with Crippen LogP contribution < -0.4 is 9.62 Å². The van der Waals surface area contributed by atoms with E-state index in [1.165, 1.54) is 37.2 Å². The van der Waals surface area contributed by atoms with Crippen LogP contribution in [0.5, 0.6) is 0 Å². The number of amides is 2. The van der Waals surface area contributed by atoms with Gasteiger partial charge in [0.15, 0.2) is 0 Å². The van der Waals surface area contributed by atoms with Gasteiger partial charge in [-0.25, -0.2) is 8.70 Å². The molecule has 36 heavy (non-hydrogen) atoms. The van der Waals surface area contributed by atoms with Crippen molar-refractivity contribution in [3.63, 3.8) is 0 Å². The predicted octanol–water partition coefficient (Wildman–Crippen LogP) is 4.08. The van der Waals surface area contributed by atoms with Crippen LogP contribution in [0, 0.1) is 5.82 Å². The summed E-state index contributed by atoms with van der Waals surface area (Å²) in [6, 6.07) is 9.19. The Hall–Kier alpha value is -2.40. The van der Waals surface area contributed by atoms with Crippen LogP contribution in [0.4, 0.5) is 10.1 Å². The fourth-order valence-corrected chi connectivity index (χ4v) is 4.86. The van der Waals surface area contributed by atoms with Crippen molar-refractivity contribution in [3.05, 3.63) is 63.9 Å². The highest BCUT2D eigenvalue weighted by atomic mass is 35.5. The number of carbonyl (C=O) groups is 2. The van der Waals surface area contributed by atoms with Gasteiger partial charge < -0.3 is 10.2 Å². The molecule has 0 aliphatic rings. The van der Waals surface area contributed by atoms with E-state index < -0.39 is 34.5 Å². The minimum Gasteiger partial charge on any atom is -0.354 e. The molecule has 2 rings (SSSR count). The SMILES string of the molecule is CCCNC(=O)[C@@H](CC)N(Cc1ccc(Cl)c(Cl)c1)C(=O)CN(c1ccccc1F)S(=O)(=O)N(C)C. The second kappa shape index (κ2) is 13.2. The molecule has 2 aromatic rings. The predicted molar refractivity (Wildman–Crippen MR) is 141 cm³/mol. The van der Waals surface area contributed by atoms with Crippen molar-refractivity contribution in [1.82, 2.24) is 14.5 Å². The number of rotatable bonds is 12. The lowest BCUT2D eigenvalue weighted by molar-refractivity contribution is -0.140. The third-order valence-corrected chi connectivity index (χ3v) is 7.96. The monoisotopic (exact) mass is 560 g/mol. The Labute approximate surface area is 222 Å². The van der Waals surface area contributed by atoms with E-state index in [2.05, 4.69) is 5.32 Å². The van der Waals surface area contributed by atoms with E-state index in [0.29, 0.717) is 27.9 Å². The van der Waals surface area contributed by atoms with Gasteiger partial charge in [-0.15, -0.1) is 0 Å². The van der Waals surface area contributed by atoms with Crippen molar-refractivity contribution in [1.29, 1.82) is 0 Å². The fraction of sp³-hybridized carbons (Fsp3) is 0.417. The second-order valence-electron chi connectivity index (χ2n) is 8.23. The van der Waals surface area contributed by atoms with Crippen molar-refractivity contribution >= 4 is 50.9 Å². The number of hydrogen-bond acceptors (Lipinski definition) is 4. The summed E-state index contributed by atoms with van der Waals surface area (Å²) in [7, 11) is -1.68. The minimum absolute atomic E-state index is 0.0408. The molecule has 8 nitrogen and oxygen atoms in total. The van der Waals surface area contributed by atoms with E-state index in [0.717, 1.165) is 10.4 Å². The number of hydrogen-bond donors (Lipinski definition) is 1. The van der Waals surface area contributed by atoms with Gasteiger partial charge in [-0.05, 0) is 42.7 Å².